The van der Waals surface area contributed by atoms with E-state index in [1.807, 2.05) is 17.7 Å². The Morgan fingerprint density at radius 1 is 1.07 bits per heavy atom. The molecular weight excluding hydrogens is 353 g/mol. The van der Waals surface area contributed by atoms with Gasteiger partial charge in [-0.15, -0.1) is 0 Å². The minimum absolute atomic E-state index is 0.0922. The first kappa shape index (κ1) is 19.8. The third-order valence-corrected chi connectivity index (χ3v) is 4.73. The second-order valence-electron chi connectivity index (χ2n) is 7.87. The van der Waals surface area contributed by atoms with Crippen LogP contribution in [0.15, 0.2) is 54.6 Å². The lowest BCUT2D eigenvalue weighted by molar-refractivity contribution is 0.0945. The first-order valence-electron chi connectivity index (χ1n) is 9.49. The first-order valence-corrected chi connectivity index (χ1v) is 9.49. The van der Waals surface area contributed by atoms with Crippen LogP contribution in [0.3, 0.4) is 0 Å². The maximum Gasteiger partial charge on any atom is 0.272 e. The third-order valence-electron chi connectivity index (χ3n) is 4.73. The lowest BCUT2D eigenvalue weighted by Crippen LogP contribution is -2.23. The van der Waals surface area contributed by atoms with Gasteiger partial charge in [-0.3, -0.25) is 9.48 Å². The van der Waals surface area contributed by atoms with Crippen LogP contribution in [0.5, 0.6) is 0 Å². The van der Waals surface area contributed by atoms with Crippen LogP contribution >= 0.6 is 0 Å². The number of benzene rings is 2. The molecule has 0 fully saturated rings. The number of carbonyl (C=O) groups excluding carboxylic acids is 1. The number of aromatic nitrogens is 2. The summed E-state index contributed by atoms with van der Waals surface area (Å²) in [6, 6.07) is 16.3. The largest absolute Gasteiger partial charge is 0.347 e. The number of hydrogen-bond donors (Lipinski definition) is 1. The summed E-state index contributed by atoms with van der Waals surface area (Å²) in [6.45, 7) is 9.54. The monoisotopic (exact) mass is 379 g/mol. The molecule has 1 aromatic heterocycles. The number of halogens is 1. The zero-order valence-corrected chi connectivity index (χ0v) is 16.8. The molecule has 3 aromatic rings. The Balaban J connectivity index is 1.78. The second-order valence-corrected chi connectivity index (χ2v) is 7.87. The van der Waals surface area contributed by atoms with Crippen molar-refractivity contribution in [3.8, 4) is 11.3 Å². The molecule has 0 aliphatic carbocycles. The van der Waals surface area contributed by atoms with E-state index in [9.17, 15) is 9.18 Å². The topological polar surface area (TPSA) is 46.9 Å². The van der Waals surface area contributed by atoms with Crippen molar-refractivity contribution in [2.24, 2.45) is 0 Å². The van der Waals surface area contributed by atoms with E-state index in [4.69, 9.17) is 0 Å². The van der Waals surface area contributed by atoms with Gasteiger partial charge in [0.1, 0.15) is 5.82 Å². The van der Waals surface area contributed by atoms with E-state index >= 15 is 0 Å². The highest BCUT2D eigenvalue weighted by molar-refractivity contribution is 5.93. The van der Waals surface area contributed by atoms with Crippen molar-refractivity contribution < 1.29 is 9.18 Å². The van der Waals surface area contributed by atoms with Crippen LogP contribution in [0.4, 0.5) is 4.39 Å². The van der Waals surface area contributed by atoms with Gasteiger partial charge in [-0.1, -0.05) is 57.2 Å². The Hall–Kier alpha value is -2.95. The minimum Gasteiger partial charge on any atom is -0.347 e. The number of rotatable bonds is 5. The molecule has 0 unspecified atom stereocenters. The molecular formula is C23H26FN3O. The van der Waals surface area contributed by atoms with Gasteiger partial charge in [-0.05, 0) is 47.2 Å². The van der Waals surface area contributed by atoms with Crippen molar-refractivity contribution in [3.05, 3.63) is 77.2 Å². The third kappa shape index (κ3) is 4.47. The first-order chi connectivity index (χ1) is 13.3. The zero-order valence-electron chi connectivity index (χ0n) is 16.8. The average molecular weight is 379 g/mol. The Morgan fingerprint density at radius 2 is 1.71 bits per heavy atom. The Morgan fingerprint density at radius 3 is 2.29 bits per heavy atom. The van der Waals surface area contributed by atoms with Crippen LogP contribution < -0.4 is 5.32 Å². The predicted molar refractivity (Wildman–Crippen MR) is 110 cm³/mol. The number of amides is 1. The fourth-order valence-electron chi connectivity index (χ4n) is 3.02. The number of nitrogens with one attached hydrogen (secondary N) is 1. The second kappa shape index (κ2) is 7.97. The molecule has 0 saturated carbocycles. The smallest absolute Gasteiger partial charge is 0.272 e. The minimum atomic E-state index is -0.293. The Kier molecular flexibility index (Phi) is 5.63. The molecule has 0 spiro atoms. The number of hydrogen-bond acceptors (Lipinski definition) is 2. The van der Waals surface area contributed by atoms with E-state index < -0.39 is 0 Å². The van der Waals surface area contributed by atoms with Crippen LogP contribution in [0.1, 0.15) is 49.3 Å². The summed E-state index contributed by atoms with van der Waals surface area (Å²) < 4.78 is 14.8. The van der Waals surface area contributed by atoms with E-state index in [2.05, 4.69) is 55.5 Å². The summed E-state index contributed by atoms with van der Waals surface area (Å²) in [4.78, 5) is 12.5. The molecule has 1 N–H and O–H groups in total. The van der Waals surface area contributed by atoms with Gasteiger partial charge in [0.2, 0.25) is 0 Å². The molecule has 0 radical (unpaired) electrons. The number of aryl methyl sites for hydroxylation is 1. The van der Waals surface area contributed by atoms with Gasteiger partial charge in [-0.25, -0.2) is 4.39 Å². The lowest BCUT2D eigenvalue weighted by atomic mass is 9.86. The fraction of sp³-hybridized carbons (Fsp3) is 0.304. The predicted octanol–water partition coefficient (Wildman–Crippen LogP) is 4.94. The molecule has 0 aliphatic rings. The van der Waals surface area contributed by atoms with E-state index in [0.29, 0.717) is 18.8 Å². The zero-order chi connectivity index (χ0) is 20.3. The summed E-state index contributed by atoms with van der Waals surface area (Å²) in [5, 5.41) is 7.29. The lowest BCUT2D eigenvalue weighted by Gasteiger charge is -2.19. The summed E-state index contributed by atoms with van der Waals surface area (Å²) in [6.07, 6.45) is 0. The molecule has 0 saturated heterocycles. The quantitative estimate of drug-likeness (QED) is 0.683. The van der Waals surface area contributed by atoms with Crippen molar-refractivity contribution in [2.75, 3.05) is 0 Å². The molecule has 2 aromatic carbocycles. The molecule has 5 heteroatoms. The van der Waals surface area contributed by atoms with Gasteiger partial charge in [0.05, 0.1) is 5.69 Å². The number of nitrogens with zero attached hydrogens (tertiary/aromatic N) is 2. The van der Waals surface area contributed by atoms with Crippen LogP contribution in [-0.2, 0) is 18.5 Å². The Bertz CT molecular complexity index is 951. The van der Waals surface area contributed by atoms with Gasteiger partial charge < -0.3 is 5.32 Å². The SMILES string of the molecule is CCn1nc(C(=O)NCc2ccc(F)cc2)cc1-c1ccc(C(C)(C)C)cc1. The Labute approximate surface area is 165 Å². The maximum absolute atomic E-state index is 13.0. The van der Waals surface area contributed by atoms with Gasteiger partial charge in [0.15, 0.2) is 5.69 Å². The highest BCUT2D eigenvalue weighted by Gasteiger charge is 2.17. The van der Waals surface area contributed by atoms with E-state index in [1.54, 1.807) is 12.1 Å². The van der Waals surface area contributed by atoms with Crippen molar-refractivity contribution in [3.63, 3.8) is 0 Å². The van der Waals surface area contributed by atoms with Crippen LogP contribution in [0.2, 0.25) is 0 Å². The highest BCUT2D eigenvalue weighted by atomic mass is 19.1. The molecule has 1 amide bonds. The molecule has 4 nitrogen and oxygen atoms in total. The van der Waals surface area contributed by atoms with E-state index in [1.165, 1.54) is 17.7 Å². The molecule has 1 heterocycles. The van der Waals surface area contributed by atoms with Gasteiger partial charge in [0.25, 0.3) is 5.91 Å². The summed E-state index contributed by atoms with van der Waals surface area (Å²) in [5.74, 6) is -0.539. The van der Waals surface area contributed by atoms with Crippen LogP contribution in [0.25, 0.3) is 11.3 Å². The van der Waals surface area contributed by atoms with Gasteiger partial charge in [-0.2, -0.15) is 5.10 Å². The molecule has 0 atom stereocenters. The normalized spacial score (nSPS) is 11.5. The van der Waals surface area contributed by atoms with Gasteiger partial charge in [0, 0.05) is 13.1 Å². The van der Waals surface area contributed by atoms with Crippen molar-refractivity contribution in [1.29, 1.82) is 0 Å². The maximum atomic E-state index is 13.0. The van der Waals surface area contributed by atoms with Crippen molar-refractivity contribution in [1.82, 2.24) is 15.1 Å². The van der Waals surface area contributed by atoms with Crippen molar-refractivity contribution >= 4 is 5.91 Å². The summed E-state index contributed by atoms with van der Waals surface area (Å²) >= 11 is 0. The van der Waals surface area contributed by atoms with Gasteiger partial charge >= 0.3 is 0 Å². The summed E-state index contributed by atoms with van der Waals surface area (Å²) in [7, 11) is 0. The highest BCUT2D eigenvalue weighted by Crippen LogP contribution is 2.26. The molecule has 0 aliphatic heterocycles. The fourth-order valence-corrected chi connectivity index (χ4v) is 3.02. The van der Waals surface area contributed by atoms with E-state index in [0.717, 1.165) is 16.8 Å². The summed E-state index contributed by atoms with van der Waals surface area (Å²) in [5.41, 5.74) is 4.50. The molecule has 146 valence electrons. The van der Waals surface area contributed by atoms with Crippen molar-refractivity contribution in [2.45, 2.75) is 46.2 Å². The molecule has 0 bridgehead atoms. The number of carbonyl (C=O) groups is 1. The van der Waals surface area contributed by atoms with Crippen LogP contribution in [0, 0.1) is 5.82 Å². The standard InChI is InChI=1S/C23H26FN3O/c1-5-27-21(17-8-10-18(11-9-17)23(2,3)4)14-20(26-27)22(28)25-15-16-6-12-19(24)13-7-16/h6-14H,5,15H2,1-4H3,(H,25,28). The molecule has 28 heavy (non-hydrogen) atoms. The average Bonchev–Trinajstić information content (AvgIpc) is 3.11. The molecule has 3 rings (SSSR count). The van der Waals surface area contributed by atoms with Crippen LogP contribution in [-0.4, -0.2) is 15.7 Å². The van der Waals surface area contributed by atoms with E-state index in [-0.39, 0.29) is 17.1 Å².